The molecule has 1 N–H and O–H groups in total. The van der Waals surface area contributed by atoms with Gasteiger partial charge in [0.1, 0.15) is 4.90 Å². The van der Waals surface area contributed by atoms with Crippen LogP contribution in [0.25, 0.3) is 0 Å². The number of sulfonamides is 1. The van der Waals surface area contributed by atoms with Crippen LogP contribution >= 0.6 is 22.9 Å². The summed E-state index contributed by atoms with van der Waals surface area (Å²) in [6.45, 7) is 3.64. The van der Waals surface area contributed by atoms with Crippen LogP contribution in [0.2, 0.25) is 5.15 Å². The molecule has 0 saturated heterocycles. The van der Waals surface area contributed by atoms with Crippen molar-refractivity contribution in [3.63, 3.8) is 0 Å². The quantitative estimate of drug-likeness (QED) is 0.886. The Balaban J connectivity index is 2.40. The fourth-order valence-electron chi connectivity index (χ4n) is 1.54. The van der Waals surface area contributed by atoms with E-state index in [4.69, 9.17) is 11.6 Å². The number of aryl methyl sites for hydroxylation is 2. The Bertz CT molecular complexity index is 680. The van der Waals surface area contributed by atoms with Crippen molar-refractivity contribution in [2.75, 3.05) is 4.72 Å². The van der Waals surface area contributed by atoms with E-state index in [2.05, 4.69) is 9.71 Å². The zero-order valence-corrected chi connectivity index (χ0v) is 12.2. The molecule has 0 aromatic carbocycles. The Labute approximate surface area is 115 Å². The van der Waals surface area contributed by atoms with Crippen LogP contribution in [0.3, 0.4) is 0 Å². The summed E-state index contributed by atoms with van der Waals surface area (Å²) in [5.74, 6) is 0. The van der Waals surface area contributed by atoms with Crippen molar-refractivity contribution < 1.29 is 8.42 Å². The first-order valence-electron chi connectivity index (χ1n) is 5.10. The molecule has 0 radical (unpaired) electrons. The zero-order chi connectivity index (χ0) is 13.3. The van der Waals surface area contributed by atoms with Crippen LogP contribution in [0.5, 0.6) is 0 Å². The first-order valence-corrected chi connectivity index (χ1v) is 7.78. The van der Waals surface area contributed by atoms with Gasteiger partial charge in [-0.2, -0.15) is 0 Å². The SMILES string of the molecule is Cc1cc(S(=O)(=O)Nc2cccnc2Cl)c(C)s1. The van der Waals surface area contributed by atoms with Gasteiger partial charge in [0, 0.05) is 16.0 Å². The summed E-state index contributed by atoms with van der Waals surface area (Å²) in [5, 5.41) is 0.130. The average molecular weight is 303 g/mol. The Morgan fingerprint density at radius 1 is 1.39 bits per heavy atom. The molecular formula is C11H11ClN2O2S2. The van der Waals surface area contributed by atoms with Gasteiger partial charge in [-0.3, -0.25) is 4.72 Å². The van der Waals surface area contributed by atoms with Crippen molar-refractivity contribution in [1.29, 1.82) is 0 Å². The zero-order valence-electron chi connectivity index (χ0n) is 9.77. The summed E-state index contributed by atoms with van der Waals surface area (Å²) in [6, 6.07) is 4.84. The fourth-order valence-corrected chi connectivity index (χ4v) is 4.38. The Kier molecular flexibility index (Phi) is 3.61. The van der Waals surface area contributed by atoms with Crippen LogP contribution < -0.4 is 4.72 Å². The molecular weight excluding hydrogens is 292 g/mol. The number of thiophene rings is 1. The van der Waals surface area contributed by atoms with Crippen LogP contribution in [0.1, 0.15) is 9.75 Å². The molecule has 0 spiro atoms. The molecule has 0 atom stereocenters. The summed E-state index contributed by atoms with van der Waals surface area (Å²) in [5.41, 5.74) is 0.280. The van der Waals surface area contributed by atoms with E-state index in [-0.39, 0.29) is 15.7 Å². The minimum Gasteiger partial charge on any atom is -0.276 e. The second kappa shape index (κ2) is 4.87. The number of hydrogen-bond donors (Lipinski definition) is 1. The summed E-state index contributed by atoms with van der Waals surface area (Å²) in [4.78, 5) is 5.81. The molecule has 7 heteroatoms. The fraction of sp³-hybridized carbons (Fsp3) is 0.182. The van der Waals surface area contributed by atoms with E-state index in [0.717, 1.165) is 9.75 Å². The lowest BCUT2D eigenvalue weighted by atomic mass is 10.4. The van der Waals surface area contributed by atoms with E-state index in [0.29, 0.717) is 0 Å². The molecule has 0 saturated carbocycles. The van der Waals surface area contributed by atoms with Gasteiger partial charge in [0.2, 0.25) is 0 Å². The second-order valence-electron chi connectivity index (χ2n) is 3.72. The highest BCUT2D eigenvalue weighted by molar-refractivity contribution is 7.93. The van der Waals surface area contributed by atoms with Gasteiger partial charge in [-0.05, 0) is 32.0 Å². The minimum absolute atomic E-state index is 0.130. The van der Waals surface area contributed by atoms with E-state index >= 15 is 0 Å². The molecule has 18 heavy (non-hydrogen) atoms. The Morgan fingerprint density at radius 3 is 2.67 bits per heavy atom. The summed E-state index contributed by atoms with van der Waals surface area (Å²) < 4.78 is 26.8. The Morgan fingerprint density at radius 2 is 2.11 bits per heavy atom. The third-order valence-electron chi connectivity index (χ3n) is 2.29. The highest BCUT2D eigenvalue weighted by atomic mass is 35.5. The summed E-state index contributed by atoms with van der Waals surface area (Å²) >= 11 is 7.27. The van der Waals surface area contributed by atoms with E-state index in [1.54, 1.807) is 25.1 Å². The van der Waals surface area contributed by atoms with Crippen LogP contribution in [0.4, 0.5) is 5.69 Å². The molecule has 2 aromatic heterocycles. The van der Waals surface area contributed by atoms with E-state index in [9.17, 15) is 8.42 Å². The molecule has 0 bridgehead atoms. The second-order valence-corrected chi connectivity index (χ2v) is 7.19. The van der Waals surface area contributed by atoms with Gasteiger partial charge >= 0.3 is 0 Å². The van der Waals surface area contributed by atoms with Gasteiger partial charge in [0.25, 0.3) is 10.0 Å². The number of halogens is 1. The van der Waals surface area contributed by atoms with Gasteiger partial charge in [0.05, 0.1) is 5.69 Å². The van der Waals surface area contributed by atoms with E-state index in [1.807, 2.05) is 6.92 Å². The van der Waals surface area contributed by atoms with Crippen LogP contribution in [0, 0.1) is 13.8 Å². The number of aromatic nitrogens is 1. The predicted molar refractivity (Wildman–Crippen MR) is 73.8 cm³/mol. The third kappa shape index (κ3) is 2.66. The number of nitrogens with one attached hydrogen (secondary N) is 1. The van der Waals surface area contributed by atoms with Crippen molar-refractivity contribution in [3.8, 4) is 0 Å². The molecule has 4 nitrogen and oxygen atoms in total. The molecule has 2 aromatic rings. The topological polar surface area (TPSA) is 59.1 Å². The first kappa shape index (κ1) is 13.3. The molecule has 2 heterocycles. The maximum Gasteiger partial charge on any atom is 0.263 e. The van der Waals surface area contributed by atoms with Gasteiger partial charge in [-0.25, -0.2) is 13.4 Å². The third-order valence-corrected chi connectivity index (χ3v) is 5.18. The van der Waals surface area contributed by atoms with Crippen molar-refractivity contribution in [2.45, 2.75) is 18.7 Å². The highest BCUT2D eigenvalue weighted by Crippen LogP contribution is 2.28. The normalized spacial score (nSPS) is 11.5. The standard InChI is InChI=1S/C11H11ClN2O2S2/c1-7-6-10(8(2)17-7)18(15,16)14-9-4-3-5-13-11(9)12/h3-6,14H,1-2H3. The van der Waals surface area contributed by atoms with E-state index < -0.39 is 10.0 Å². The van der Waals surface area contributed by atoms with E-state index in [1.165, 1.54) is 17.5 Å². The number of hydrogen-bond acceptors (Lipinski definition) is 4. The smallest absolute Gasteiger partial charge is 0.263 e. The predicted octanol–water partition coefficient (Wildman–Crippen LogP) is 3.21. The highest BCUT2D eigenvalue weighted by Gasteiger charge is 2.20. The van der Waals surface area contributed by atoms with Gasteiger partial charge in [-0.15, -0.1) is 11.3 Å². The number of rotatable bonds is 3. The number of nitrogens with zero attached hydrogens (tertiary/aromatic N) is 1. The van der Waals surface area contributed by atoms with Crippen molar-refractivity contribution >= 4 is 38.6 Å². The monoisotopic (exact) mass is 302 g/mol. The number of anilines is 1. The largest absolute Gasteiger partial charge is 0.276 e. The summed E-state index contributed by atoms with van der Waals surface area (Å²) in [6.07, 6.45) is 1.50. The Hall–Kier alpha value is -1.11. The molecule has 96 valence electrons. The maximum absolute atomic E-state index is 12.2. The molecule has 0 aliphatic heterocycles. The van der Waals surface area contributed by atoms with Crippen molar-refractivity contribution in [1.82, 2.24) is 4.98 Å². The van der Waals surface area contributed by atoms with Crippen molar-refractivity contribution in [2.24, 2.45) is 0 Å². The molecule has 0 amide bonds. The van der Waals surface area contributed by atoms with Crippen molar-refractivity contribution in [3.05, 3.63) is 39.3 Å². The lowest BCUT2D eigenvalue weighted by molar-refractivity contribution is 0.601. The minimum atomic E-state index is -3.61. The molecule has 0 fully saturated rings. The lowest BCUT2D eigenvalue weighted by Gasteiger charge is -2.08. The molecule has 0 aliphatic rings. The van der Waals surface area contributed by atoms with Crippen LogP contribution in [-0.2, 0) is 10.0 Å². The molecule has 0 unspecified atom stereocenters. The van der Waals surface area contributed by atoms with Crippen LogP contribution in [-0.4, -0.2) is 13.4 Å². The average Bonchev–Trinajstić information content (AvgIpc) is 2.62. The summed E-state index contributed by atoms with van der Waals surface area (Å²) in [7, 11) is -3.61. The van der Waals surface area contributed by atoms with Gasteiger partial charge in [0.15, 0.2) is 5.15 Å². The lowest BCUT2D eigenvalue weighted by Crippen LogP contribution is -2.13. The first-order chi connectivity index (χ1) is 8.40. The molecule has 0 aliphatic carbocycles. The number of pyridine rings is 1. The van der Waals surface area contributed by atoms with Gasteiger partial charge < -0.3 is 0 Å². The molecule has 2 rings (SSSR count). The maximum atomic E-state index is 12.2. The van der Waals surface area contributed by atoms with Gasteiger partial charge in [-0.1, -0.05) is 11.6 Å². The van der Waals surface area contributed by atoms with Crippen LogP contribution in [0.15, 0.2) is 29.3 Å².